The zero-order valence-electron chi connectivity index (χ0n) is 17.3. The summed E-state index contributed by atoms with van der Waals surface area (Å²) in [4.78, 5) is 18.1. The van der Waals surface area contributed by atoms with E-state index in [0.29, 0.717) is 24.6 Å². The number of likely N-dealkylation sites (tertiary alicyclic amines) is 1. The molecule has 1 aliphatic heterocycles. The van der Waals surface area contributed by atoms with Crippen molar-refractivity contribution in [3.8, 4) is 11.1 Å². The van der Waals surface area contributed by atoms with Gasteiger partial charge >= 0.3 is 0 Å². The number of halogens is 1. The van der Waals surface area contributed by atoms with Crippen LogP contribution in [0.5, 0.6) is 0 Å². The van der Waals surface area contributed by atoms with Crippen LogP contribution >= 0.6 is 0 Å². The number of aliphatic hydroxyl groups is 1. The number of carbonyl (C=O) groups excluding carboxylic acids is 1. The molecule has 5 rings (SSSR count). The Labute approximate surface area is 181 Å². The minimum atomic E-state index is -0.591. The number of aliphatic hydroxyl groups excluding tert-OH is 1. The van der Waals surface area contributed by atoms with Gasteiger partial charge in [0.2, 0.25) is 5.95 Å². The van der Waals surface area contributed by atoms with Crippen molar-refractivity contribution in [2.75, 3.05) is 13.1 Å². The Morgan fingerprint density at radius 2 is 1.87 bits per heavy atom. The number of rotatable bonds is 5. The molecule has 5 heteroatoms. The normalized spacial score (nSPS) is 18.4. The fraction of sp³-hybridized carbons (Fsp3) is 0.308. The molecule has 4 nitrogen and oxygen atoms in total. The van der Waals surface area contributed by atoms with Gasteiger partial charge in [-0.2, -0.15) is 4.39 Å². The SMILES string of the molecule is O=C(c1ccc(F)nc1)N1CCC(c2ccc(-c3ccccc3C3CC3)cc2CO)C1. The van der Waals surface area contributed by atoms with Gasteiger partial charge in [-0.15, -0.1) is 0 Å². The third kappa shape index (κ3) is 3.98. The molecule has 1 aromatic heterocycles. The standard InChI is InChI=1S/C26H25FN2O2/c27-25-10-8-19(14-28-25)26(31)29-12-11-20(15-29)22-9-7-18(13-21(22)16-30)24-4-2-1-3-23(24)17-5-6-17/h1-4,7-10,13-14,17,20,30H,5-6,11-12,15-16H2. The van der Waals surface area contributed by atoms with Crippen LogP contribution in [-0.4, -0.2) is 34.0 Å². The Morgan fingerprint density at radius 1 is 1.03 bits per heavy atom. The van der Waals surface area contributed by atoms with Gasteiger partial charge in [0.1, 0.15) is 0 Å². The van der Waals surface area contributed by atoms with Crippen molar-refractivity contribution in [2.45, 2.75) is 37.7 Å². The largest absolute Gasteiger partial charge is 0.392 e. The number of pyridine rings is 1. The zero-order chi connectivity index (χ0) is 21.4. The molecule has 2 fully saturated rings. The molecule has 1 saturated heterocycles. The van der Waals surface area contributed by atoms with Gasteiger partial charge in [-0.05, 0) is 71.2 Å². The first kappa shape index (κ1) is 19.9. The molecule has 31 heavy (non-hydrogen) atoms. The molecule has 2 heterocycles. The summed E-state index contributed by atoms with van der Waals surface area (Å²) in [6, 6.07) is 17.6. The van der Waals surface area contributed by atoms with E-state index in [4.69, 9.17) is 0 Å². The summed E-state index contributed by atoms with van der Waals surface area (Å²) in [6.07, 6.45) is 4.62. The van der Waals surface area contributed by atoms with Crippen molar-refractivity contribution >= 4 is 5.91 Å². The molecule has 0 spiro atoms. The fourth-order valence-corrected chi connectivity index (χ4v) is 4.70. The van der Waals surface area contributed by atoms with E-state index < -0.39 is 5.95 Å². The number of carbonyl (C=O) groups is 1. The van der Waals surface area contributed by atoms with Crippen molar-refractivity contribution in [1.29, 1.82) is 0 Å². The van der Waals surface area contributed by atoms with E-state index >= 15 is 0 Å². The van der Waals surface area contributed by atoms with Crippen LogP contribution in [0.2, 0.25) is 0 Å². The second-order valence-electron chi connectivity index (χ2n) is 8.54. The molecule has 1 unspecified atom stereocenters. The molecular formula is C26H25FN2O2. The maximum Gasteiger partial charge on any atom is 0.255 e. The minimum Gasteiger partial charge on any atom is -0.392 e. The van der Waals surface area contributed by atoms with E-state index in [1.807, 2.05) is 0 Å². The van der Waals surface area contributed by atoms with Crippen molar-refractivity contribution in [3.05, 3.63) is 89.0 Å². The first-order chi connectivity index (χ1) is 15.1. The molecule has 1 N–H and O–H groups in total. The number of amides is 1. The molecular weight excluding hydrogens is 391 g/mol. The molecule has 2 aliphatic rings. The van der Waals surface area contributed by atoms with Crippen molar-refractivity contribution in [2.24, 2.45) is 0 Å². The first-order valence-corrected chi connectivity index (χ1v) is 10.9. The van der Waals surface area contributed by atoms with Gasteiger partial charge in [-0.3, -0.25) is 4.79 Å². The van der Waals surface area contributed by atoms with E-state index in [-0.39, 0.29) is 18.4 Å². The number of hydrogen-bond acceptors (Lipinski definition) is 3. The Hall–Kier alpha value is -3.05. The van der Waals surface area contributed by atoms with Crippen LogP contribution in [0.25, 0.3) is 11.1 Å². The van der Waals surface area contributed by atoms with Crippen molar-refractivity contribution < 1.29 is 14.3 Å². The molecule has 1 aliphatic carbocycles. The van der Waals surface area contributed by atoms with E-state index in [2.05, 4.69) is 47.4 Å². The first-order valence-electron chi connectivity index (χ1n) is 10.9. The molecule has 3 aromatic rings. The number of nitrogens with zero attached hydrogens (tertiary/aromatic N) is 2. The predicted octanol–water partition coefficient (Wildman–Crippen LogP) is 4.89. The van der Waals surface area contributed by atoms with Gasteiger partial charge in [-0.1, -0.05) is 36.4 Å². The third-order valence-electron chi connectivity index (χ3n) is 6.49. The summed E-state index contributed by atoms with van der Waals surface area (Å²) in [5.74, 6) is 0.110. The van der Waals surface area contributed by atoms with Crippen LogP contribution in [0.3, 0.4) is 0 Å². The van der Waals surface area contributed by atoms with Gasteiger partial charge in [0.05, 0.1) is 12.2 Å². The van der Waals surface area contributed by atoms with E-state index in [0.717, 1.165) is 23.1 Å². The summed E-state index contributed by atoms with van der Waals surface area (Å²) in [5, 5.41) is 10.1. The highest BCUT2D eigenvalue weighted by Gasteiger charge is 2.30. The lowest BCUT2D eigenvalue weighted by Gasteiger charge is -2.19. The number of benzene rings is 2. The monoisotopic (exact) mass is 416 g/mol. The maximum atomic E-state index is 13.1. The third-order valence-corrected chi connectivity index (χ3v) is 6.49. The highest BCUT2D eigenvalue weighted by Crippen LogP contribution is 2.44. The second-order valence-corrected chi connectivity index (χ2v) is 8.54. The van der Waals surface area contributed by atoms with Crippen LogP contribution in [0.4, 0.5) is 4.39 Å². The Kier molecular flexibility index (Phi) is 5.28. The molecule has 1 amide bonds. The van der Waals surface area contributed by atoms with Crippen molar-refractivity contribution in [1.82, 2.24) is 9.88 Å². The quantitative estimate of drug-likeness (QED) is 0.603. The van der Waals surface area contributed by atoms with E-state index in [1.54, 1.807) is 4.90 Å². The van der Waals surface area contributed by atoms with Gasteiger partial charge in [0.15, 0.2) is 0 Å². The highest BCUT2D eigenvalue weighted by molar-refractivity contribution is 5.94. The second kappa shape index (κ2) is 8.23. The Morgan fingerprint density at radius 3 is 2.61 bits per heavy atom. The predicted molar refractivity (Wildman–Crippen MR) is 117 cm³/mol. The average molecular weight is 416 g/mol. The van der Waals surface area contributed by atoms with E-state index in [1.165, 1.54) is 42.3 Å². The van der Waals surface area contributed by atoms with Gasteiger partial charge in [0, 0.05) is 25.2 Å². The lowest BCUT2D eigenvalue weighted by Crippen LogP contribution is -2.28. The van der Waals surface area contributed by atoms with Crippen LogP contribution in [0, 0.1) is 5.95 Å². The van der Waals surface area contributed by atoms with Crippen LogP contribution in [0.1, 0.15) is 58.1 Å². The molecule has 0 bridgehead atoms. The van der Waals surface area contributed by atoms with Crippen LogP contribution in [-0.2, 0) is 6.61 Å². The molecule has 158 valence electrons. The molecule has 1 atom stereocenters. The summed E-state index contributed by atoms with van der Waals surface area (Å²) in [6.45, 7) is 1.19. The Bertz CT molecular complexity index is 1110. The fourth-order valence-electron chi connectivity index (χ4n) is 4.70. The van der Waals surface area contributed by atoms with Gasteiger partial charge in [-0.25, -0.2) is 4.98 Å². The molecule has 0 radical (unpaired) electrons. The van der Waals surface area contributed by atoms with Gasteiger partial charge < -0.3 is 10.0 Å². The van der Waals surface area contributed by atoms with E-state index in [9.17, 15) is 14.3 Å². The van der Waals surface area contributed by atoms with Crippen molar-refractivity contribution in [3.63, 3.8) is 0 Å². The van der Waals surface area contributed by atoms with Gasteiger partial charge in [0.25, 0.3) is 5.91 Å². The molecule has 2 aromatic carbocycles. The number of hydrogen-bond donors (Lipinski definition) is 1. The van der Waals surface area contributed by atoms with Crippen LogP contribution in [0.15, 0.2) is 60.8 Å². The lowest BCUT2D eigenvalue weighted by atomic mass is 9.89. The lowest BCUT2D eigenvalue weighted by molar-refractivity contribution is 0.0790. The highest BCUT2D eigenvalue weighted by atomic mass is 19.1. The summed E-state index contributed by atoms with van der Waals surface area (Å²) < 4.78 is 13.1. The summed E-state index contributed by atoms with van der Waals surface area (Å²) in [5.41, 5.74) is 6.20. The maximum absolute atomic E-state index is 13.1. The number of aromatic nitrogens is 1. The average Bonchev–Trinajstić information content (AvgIpc) is 3.55. The topological polar surface area (TPSA) is 53.4 Å². The Balaban J connectivity index is 1.37. The summed E-state index contributed by atoms with van der Waals surface area (Å²) in [7, 11) is 0. The smallest absolute Gasteiger partial charge is 0.255 e. The molecule has 1 saturated carbocycles. The minimum absolute atomic E-state index is 0.0267. The zero-order valence-corrected chi connectivity index (χ0v) is 17.3. The summed E-state index contributed by atoms with van der Waals surface area (Å²) >= 11 is 0. The van der Waals surface area contributed by atoms with Crippen LogP contribution < -0.4 is 0 Å².